The van der Waals surface area contributed by atoms with Gasteiger partial charge in [0.25, 0.3) is 0 Å². The van der Waals surface area contributed by atoms with Crippen molar-refractivity contribution in [1.82, 2.24) is 0 Å². The summed E-state index contributed by atoms with van der Waals surface area (Å²) in [6.07, 6.45) is 2.98. The molecule has 1 saturated carbocycles. The van der Waals surface area contributed by atoms with E-state index in [1.807, 2.05) is 0 Å². The number of alkyl halides is 2. The zero-order valence-corrected chi connectivity index (χ0v) is 8.21. The first-order chi connectivity index (χ1) is 7.08. The second-order valence-electron chi connectivity index (χ2n) is 4.01. The SMILES string of the molecule is O=C(c1ccoc1)C1CCC(F)(F)CC1. The van der Waals surface area contributed by atoms with Crippen LogP contribution in [-0.4, -0.2) is 11.7 Å². The molecular formula is C11H12F2O2. The van der Waals surface area contributed by atoms with E-state index in [-0.39, 0.29) is 37.4 Å². The summed E-state index contributed by atoms with van der Waals surface area (Å²) >= 11 is 0. The molecule has 1 aliphatic carbocycles. The average molecular weight is 214 g/mol. The summed E-state index contributed by atoms with van der Waals surface area (Å²) in [5.41, 5.74) is 0.491. The van der Waals surface area contributed by atoms with Crippen LogP contribution in [0.5, 0.6) is 0 Å². The fourth-order valence-corrected chi connectivity index (χ4v) is 1.94. The van der Waals surface area contributed by atoms with Gasteiger partial charge in [-0.05, 0) is 18.9 Å². The first-order valence-corrected chi connectivity index (χ1v) is 5.03. The van der Waals surface area contributed by atoms with Crippen molar-refractivity contribution in [2.75, 3.05) is 0 Å². The maximum atomic E-state index is 12.9. The summed E-state index contributed by atoms with van der Waals surface area (Å²) in [5.74, 6) is -2.91. The third-order valence-corrected chi connectivity index (χ3v) is 2.89. The maximum absolute atomic E-state index is 12.9. The molecule has 1 aromatic rings. The smallest absolute Gasteiger partial charge is 0.248 e. The molecule has 1 heterocycles. The summed E-state index contributed by atoms with van der Waals surface area (Å²) in [5, 5.41) is 0. The minimum absolute atomic E-state index is 0.0701. The molecule has 0 aliphatic heterocycles. The molecule has 2 nitrogen and oxygen atoms in total. The van der Waals surface area contributed by atoms with Crippen molar-refractivity contribution < 1.29 is 18.0 Å². The number of carbonyl (C=O) groups excluding carboxylic acids is 1. The third-order valence-electron chi connectivity index (χ3n) is 2.89. The molecule has 0 N–H and O–H groups in total. The lowest BCUT2D eigenvalue weighted by Crippen LogP contribution is -2.28. The minimum atomic E-state index is -2.58. The Morgan fingerprint density at radius 3 is 2.60 bits per heavy atom. The van der Waals surface area contributed by atoms with Crippen molar-refractivity contribution in [3.05, 3.63) is 24.2 Å². The Balaban J connectivity index is 2.00. The van der Waals surface area contributed by atoms with Gasteiger partial charge in [0.2, 0.25) is 5.92 Å². The number of hydrogen-bond donors (Lipinski definition) is 0. The number of ketones is 1. The number of rotatable bonds is 2. The predicted molar refractivity (Wildman–Crippen MR) is 49.9 cm³/mol. The quantitative estimate of drug-likeness (QED) is 0.707. The van der Waals surface area contributed by atoms with Gasteiger partial charge in [-0.3, -0.25) is 4.79 Å². The molecule has 82 valence electrons. The lowest BCUT2D eigenvalue weighted by molar-refractivity contribution is -0.0424. The van der Waals surface area contributed by atoms with Gasteiger partial charge in [-0.2, -0.15) is 0 Å². The lowest BCUT2D eigenvalue weighted by atomic mass is 9.82. The maximum Gasteiger partial charge on any atom is 0.248 e. The fraction of sp³-hybridized carbons (Fsp3) is 0.545. The van der Waals surface area contributed by atoms with Gasteiger partial charge in [-0.25, -0.2) is 8.78 Å². The van der Waals surface area contributed by atoms with Crippen molar-refractivity contribution in [3.8, 4) is 0 Å². The third kappa shape index (κ3) is 2.25. The van der Waals surface area contributed by atoms with Gasteiger partial charge < -0.3 is 4.42 Å². The summed E-state index contributed by atoms with van der Waals surface area (Å²) in [6, 6.07) is 1.58. The topological polar surface area (TPSA) is 30.2 Å². The molecule has 0 bridgehead atoms. The van der Waals surface area contributed by atoms with E-state index >= 15 is 0 Å². The van der Waals surface area contributed by atoms with Gasteiger partial charge >= 0.3 is 0 Å². The Bertz CT molecular complexity index is 333. The molecule has 0 amide bonds. The molecular weight excluding hydrogens is 202 g/mol. The Kier molecular flexibility index (Phi) is 2.59. The van der Waals surface area contributed by atoms with Crippen LogP contribution in [0.25, 0.3) is 0 Å². The fourth-order valence-electron chi connectivity index (χ4n) is 1.94. The summed E-state index contributed by atoms with van der Waals surface area (Å²) in [4.78, 5) is 11.8. The van der Waals surface area contributed by atoms with E-state index < -0.39 is 5.92 Å². The zero-order chi connectivity index (χ0) is 10.9. The standard InChI is InChI=1S/C11H12F2O2/c12-11(13)4-1-8(2-5-11)10(14)9-3-6-15-7-9/h3,6-8H,1-2,4-5H2. The van der Waals surface area contributed by atoms with Crippen LogP contribution < -0.4 is 0 Å². The first kappa shape index (κ1) is 10.3. The molecule has 0 radical (unpaired) electrons. The van der Waals surface area contributed by atoms with E-state index in [0.717, 1.165) is 0 Å². The molecule has 1 fully saturated rings. The molecule has 0 saturated heterocycles. The minimum Gasteiger partial charge on any atom is -0.472 e. The van der Waals surface area contributed by atoms with Crippen LogP contribution in [0.2, 0.25) is 0 Å². The zero-order valence-electron chi connectivity index (χ0n) is 8.21. The van der Waals surface area contributed by atoms with Crippen molar-refractivity contribution >= 4 is 5.78 Å². The highest BCUT2D eigenvalue weighted by Gasteiger charge is 2.37. The van der Waals surface area contributed by atoms with Crippen LogP contribution in [0.15, 0.2) is 23.0 Å². The Hall–Kier alpha value is -1.19. The number of carbonyl (C=O) groups is 1. The molecule has 0 aromatic carbocycles. The highest BCUT2D eigenvalue weighted by Crippen LogP contribution is 2.37. The van der Waals surface area contributed by atoms with Gasteiger partial charge in [0, 0.05) is 18.8 Å². The van der Waals surface area contributed by atoms with Crippen molar-refractivity contribution in [2.24, 2.45) is 5.92 Å². The van der Waals surface area contributed by atoms with Gasteiger partial charge in [0.1, 0.15) is 6.26 Å². The van der Waals surface area contributed by atoms with Crippen molar-refractivity contribution in [2.45, 2.75) is 31.6 Å². The van der Waals surface area contributed by atoms with Crippen LogP contribution >= 0.6 is 0 Å². The number of furan rings is 1. The van der Waals surface area contributed by atoms with Crippen LogP contribution in [0.1, 0.15) is 36.0 Å². The van der Waals surface area contributed by atoms with E-state index in [2.05, 4.69) is 0 Å². The predicted octanol–water partition coefficient (Wildman–Crippen LogP) is 3.29. The van der Waals surface area contributed by atoms with E-state index in [4.69, 9.17) is 4.42 Å². The average Bonchev–Trinajstić information content (AvgIpc) is 2.69. The second-order valence-corrected chi connectivity index (χ2v) is 4.01. The largest absolute Gasteiger partial charge is 0.472 e. The van der Waals surface area contributed by atoms with Gasteiger partial charge in [-0.15, -0.1) is 0 Å². The number of hydrogen-bond acceptors (Lipinski definition) is 2. The monoisotopic (exact) mass is 214 g/mol. The molecule has 15 heavy (non-hydrogen) atoms. The van der Waals surface area contributed by atoms with E-state index in [0.29, 0.717) is 5.56 Å². The molecule has 0 unspecified atom stereocenters. The summed E-state index contributed by atoms with van der Waals surface area (Å²) < 4.78 is 30.5. The lowest BCUT2D eigenvalue weighted by Gasteiger charge is -2.26. The van der Waals surface area contributed by atoms with Crippen LogP contribution in [0, 0.1) is 5.92 Å². The van der Waals surface area contributed by atoms with Crippen LogP contribution in [-0.2, 0) is 0 Å². The van der Waals surface area contributed by atoms with Gasteiger partial charge in [0.15, 0.2) is 5.78 Å². The summed E-state index contributed by atoms with van der Waals surface area (Å²) in [6.45, 7) is 0. The van der Waals surface area contributed by atoms with Gasteiger partial charge in [0.05, 0.1) is 11.8 Å². The molecule has 1 aliphatic rings. The highest BCUT2D eigenvalue weighted by molar-refractivity contribution is 5.97. The van der Waals surface area contributed by atoms with E-state index in [9.17, 15) is 13.6 Å². The van der Waals surface area contributed by atoms with Gasteiger partial charge in [-0.1, -0.05) is 0 Å². The molecule has 0 spiro atoms. The van der Waals surface area contributed by atoms with Crippen LogP contribution in [0.3, 0.4) is 0 Å². The first-order valence-electron chi connectivity index (χ1n) is 5.03. The van der Waals surface area contributed by atoms with E-state index in [1.54, 1.807) is 6.07 Å². The Morgan fingerprint density at radius 1 is 1.40 bits per heavy atom. The van der Waals surface area contributed by atoms with Crippen molar-refractivity contribution in [1.29, 1.82) is 0 Å². The molecule has 2 rings (SSSR count). The molecule has 4 heteroatoms. The van der Waals surface area contributed by atoms with Crippen LogP contribution in [0.4, 0.5) is 8.78 Å². The molecule has 1 aromatic heterocycles. The molecule has 0 atom stereocenters. The second kappa shape index (κ2) is 3.76. The number of halogens is 2. The highest BCUT2D eigenvalue weighted by atomic mass is 19.3. The summed E-state index contributed by atoms with van der Waals surface area (Å²) in [7, 11) is 0. The number of Topliss-reactive ketones (excluding diaryl/α,β-unsaturated/α-hetero) is 1. The Labute approximate surface area is 86.3 Å². The van der Waals surface area contributed by atoms with Crippen molar-refractivity contribution in [3.63, 3.8) is 0 Å². The normalized spacial score (nSPS) is 21.5. The Morgan fingerprint density at radius 2 is 2.07 bits per heavy atom. The van der Waals surface area contributed by atoms with E-state index in [1.165, 1.54) is 12.5 Å².